The zero-order valence-electron chi connectivity index (χ0n) is 12.4. The highest BCUT2D eigenvalue weighted by atomic mass is 32.3. The Morgan fingerprint density at radius 3 is 2.16 bits per heavy atom. The van der Waals surface area contributed by atoms with Crippen molar-refractivity contribution in [3.8, 4) is 0 Å². The average molecular weight is 411 g/mol. The predicted octanol–water partition coefficient (Wildman–Crippen LogP) is 0.262. The Kier molecular flexibility index (Phi) is 5.09. The van der Waals surface area contributed by atoms with Gasteiger partial charge in [-0.15, -0.1) is 0 Å². The third-order valence-corrected chi connectivity index (χ3v) is 6.19. The molecule has 0 spiro atoms. The Morgan fingerprint density at radius 2 is 1.60 bits per heavy atom. The maximum atomic E-state index is 12.4. The summed E-state index contributed by atoms with van der Waals surface area (Å²) in [6, 6.07) is 5.98. The van der Waals surface area contributed by atoms with Gasteiger partial charge in [0.15, 0.2) is 9.84 Å². The first-order chi connectivity index (χ1) is 11.3. The lowest BCUT2D eigenvalue weighted by molar-refractivity contribution is 0.284. The number of benzene rings is 2. The van der Waals surface area contributed by atoms with Crippen molar-refractivity contribution >= 4 is 46.8 Å². The Morgan fingerprint density at radius 1 is 0.960 bits per heavy atom. The summed E-state index contributed by atoms with van der Waals surface area (Å²) in [5, 5.41) is 0.158. The first-order valence-corrected chi connectivity index (χ1v) is 10.9. The third kappa shape index (κ3) is 4.65. The van der Waals surface area contributed by atoms with Crippen LogP contribution in [0.2, 0.25) is 0 Å². The largest absolute Gasteiger partial charge is 0.398 e. The van der Waals surface area contributed by atoms with Gasteiger partial charge in [0.05, 0.1) is 22.2 Å². The fourth-order valence-electron chi connectivity index (χ4n) is 2.12. The van der Waals surface area contributed by atoms with Crippen molar-refractivity contribution in [2.45, 2.75) is 9.79 Å². The summed E-state index contributed by atoms with van der Waals surface area (Å²) in [5.41, 5.74) is 5.81. The highest BCUT2D eigenvalue weighted by molar-refractivity contribution is 7.91. The second-order valence-corrected chi connectivity index (χ2v) is 9.50. The molecule has 0 aromatic heterocycles. The van der Waals surface area contributed by atoms with E-state index in [1.165, 1.54) is 18.2 Å². The monoisotopic (exact) mass is 411 g/mol. The standard InChI is InChI=1S/C12H13NO9S3/c13-11-3-1-2-9-10(11)6-8(24(16,17)18)7-12(9)23(14,15)5-4-22-25(19,20)21/h1-3,6-7H,4-5,13H2,(H,16,17,18)(H,19,20,21). The molecular formula is C12H13NO9S3. The quantitative estimate of drug-likeness (QED) is 0.441. The fraction of sp³-hybridized carbons (Fsp3) is 0.167. The SMILES string of the molecule is Nc1cccc2c(S(=O)(=O)CCOS(=O)(=O)O)cc(S(=O)(=O)O)cc12. The topological polar surface area (TPSA) is 178 Å². The highest BCUT2D eigenvalue weighted by Crippen LogP contribution is 2.31. The molecule has 2 aromatic carbocycles. The van der Waals surface area contributed by atoms with Gasteiger partial charge in [-0.1, -0.05) is 12.1 Å². The van der Waals surface area contributed by atoms with Crippen LogP contribution in [0.4, 0.5) is 5.69 Å². The summed E-state index contributed by atoms with van der Waals surface area (Å²) >= 11 is 0. The van der Waals surface area contributed by atoms with Crippen LogP contribution in [0, 0.1) is 0 Å². The summed E-state index contributed by atoms with van der Waals surface area (Å²) in [4.78, 5) is -1.17. The first kappa shape index (κ1) is 19.6. The lowest BCUT2D eigenvalue weighted by Crippen LogP contribution is -2.16. The smallest absolute Gasteiger partial charge is 0.397 e. The number of nitrogens with two attached hydrogens (primary N) is 1. The van der Waals surface area contributed by atoms with Gasteiger partial charge in [0.1, 0.15) is 0 Å². The van der Waals surface area contributed by atoms with Crippen molar-refractivity contribution in [2.24, 2.45) is 0 Å². The molecule has 0 fully saturated rings. The zero-order chi connectivity index (χ0) is 19.0. The molecule has 0 bridgehead atoms. The molecule has 2 aromatic rings. The van der Waals surface area contributed by atoms with E-state index in [9.17, 15) is 29.8 Å². The first-order valence-electron chi connectivity index (χ1n) is 6.45. The molecule has 0 aliphatic rings. The summed E-state index contributed by atoms with van der Waals surface area (Å²) in [6.07, 6.45) is 0. The molecule has 0 saturated heterocycles. The molecule has 0 heterocycles. The molecule has 0 aliphatic heterocycles. The van der Waals surface area contributed by atoms with Crippen LogP contribution in [0.1, 0.15) is 0 Å². The molecule has 0 amide bonds. The van der Waals surface area contributed by atoms with E-state index in [0.717, 1.165) is 12.1 Å². The van der Waals surface area contributed by atoms with E-state index in [2.05, 4.69) is 4.18 Å². The van der Waals surface area contributed by atoms with Gasteiger partial charge in [-0.2, -0.15) is 16.8 Å². The van der Waals surface area contributed by atoms with Crippen LogP contribution >= 0.6 is 0 Å². The molecule has 10 nitrogen and oxygen atoms in total. The van der Waals surface area contributed by atoms with Gasteiger partial charge in [0.25, 0.3) is 10.1 Å². The number of fused-ring (bicyclic) bond motifs is 1. The maximum Gasteiger partial charge on any atom is 0.397 e. The predicted molar refractivity (Wildman–Crippen MR) is 87.7 cm³/mol. The van der Waals surface area contributed by atoms with Crippen LogP contribution < -0.4 is 5.73 Å². The zero-order valence-corrected chi connectivity index (χ0v) is 14.8. The summed E-state index contributed by atoms with van der Waals surface area (Å²) in [5.74, 6) is -0.869. The minimum absolute atomic E-state index is 0.0758. The Hall–Kier alpha value is -1.77. The molecule has 0 atom stereocenters. The molecule has 25 heavy (non-hydrogen) atoms. The minimum Gasteiger partial charge on any atom is -0.398 e. The normalized spacial score (nSPS) is 13.2. The van der Waals surface area contributed by atoms with Gasteiger partial charge < -0.3 is 5.73 Å². The maximum absolute atomic E-state index is 12.4. The number of rotatable bonds is 6. The summed E-state index contributed by atoms with van der Waals surface area (Å²) in [7, 11) is -13.8. The molecule has 4 N–H and O–H groups in total. The number of anilines is 1. The van der Waals surface area contributed by atoms with Crippen molar-refractivity contribution in [1.29, 1.82) is 0 Å². The van der Waals surface area contributed by atoms with Crippen LogP contribution in [-0.4, -0.2) is 46.7 Å². The molecule has 13 heteroatoms. The third-order valence-electron chi connectivity index (χ3n) is 3.18. The molecule has 0 saturated carbocycles. The van der Waals surface area contributed by atoms with Gasteiger partial charge >= 0.3 is 10.4 Å². The fourth-order valence-corrected chi connectivity index (χ4v) is 4.46. The van der Waals surface area contributed by atoms with Crippen molar-refractivity contribution in [3.63, 3.8) is 0 Å². The van der Waals surface area contributed by atoms with E-state index in [1.807, 2.05) is 0 Å². The molecular weight excluding hydrogens is 398 g/mol. The highest BCUT2D eigenvalue weighted by Gasteiger charge is 2.23. The number of sulfone groups is 1. The Bertz CT molecular complexity index is 1140. The van der Waals surface area contributed by atoms with Gasteiger partial charge in [-0.05, 0) is 18.2 Å². The minimum atomic E-state index is -4.83. The van der Waals surface area contributed by atoms with Crippen molar-refractivity contribution in [2.75, 3.05) is 18.1 Å². The second-order valence-electron chi connectivity index (χ2n) is 4.91. The van der Waals surface area contributed by atoms with Gasteiger partial charge in [0, 0.05) is 16.5 Å². The molecule has 0 radical (unpaired) electrons. The van der Waals surface area contributed by atoms with Crippen LogP contribution in [0.15, 0.2) is 40.1 Å². The van der Waals surface area contributed by atoms with Crippen LogP contribution in [0.25, 0.3) is 10.8 Å². The van der Waals surface area contributed by atoms with Crippen LogP contribution in [0.5, 0.6) is 0 Å². The van der Waals surface area contributed by atoms with Crippen LogP contribution in [-0.2, 0) is 34.5 Å². The lowest BCUT2D eigenvalue weighted by Gasteiger charge is -2.11. The molecule has 0 aliphatic carbocycles. The van der Waals surface area contributed by atoms with Gasteiger partial charge in [-0.25, -0.2) is 12.6 Å². The van der Waals surface area contributed by atoms with Crippen molar-refractivity contribution in [3.05, 3.63) is 30.3 Å². The number of nitrogen functional groups attached to an aromatic ring is 1. The van der Waals surface area contributed by atoms with Crippen molar-refractivity contribution < 1.29 is 38.5 Å². The van der Waals surface area contributed by atoms with E-state index in [1.54, 1.807) is 0 Å². The molecule has 0 unspecified atom stereocenters. The van der Waals surface area contributed by atoms with Crippen LogP contribution in [0.3, 0.4) is 0 Å². The summed E-state index contributed by atoms with van der Waals surface area (Å²) < 4.78 is 90.4. The van der Waals surface area contributed by atoms with E-state index in [-0.39, 0.29) is 16.5 Å². The Labute approximate surface area is 143 Å². The Balaban J connectivity index is 2.65. The average Bonchev–Trinajstić information content (AvgIpc) is 2.44. The second kappa shape index (κ2) is 6.51. The van der Waals surface area contributed by atoms with E-state index in [0.29, 0.717) is 0 Å². The molecule has 2 rings (SSSR count). The number of hydrogen-bond donors (Lipinski definition) is 3. The summed E-state index contributed by atoms with van der Waals surface area (Å²) in [6.45, 7) is -0.888. The van der Waals surface area contributed by atoms with E-state index < -0.39 is 52.5 Å². The van der Waals surface area contributed by atoms with Gasteiger partial charge in [0.2, 0.25) is 0 Å². The van der Waals surface area contributed by atoms with Gasteiger partial charge in [-0.3, -0.25) is 9.11 Å². The lowest BCUT2D eigenvalue weighted by atomic mass is 10.1. The number of hydrogen-bond acceptors (Lipinski definition) is 8. The van der Waals surface area contributed by atoms with E-state index in [4.69, 9.17) is 10.3 Å². The van der Waals surface area contributed by atoms with Crippen molar-refractivity contribution in [1.82, 2.24) is 0 Å². The molecule has 138 valence electrons. The van der Waals surface area contributed by atoms with E-state index >= 15 is 0 Å².